The summed E-state index contributed by atoms with van der Waals surface area (Å²) in [5.41, 5.74) is 1.04. The molecule has 2 aromatic rings. The third kappa shape index (κ3) is 7.37. The number of aliphatic hydroxyl groups excluding tert-OH is 1. The molecule has 44 heavy (non-hydrogen) atoms. The van der Waals surface area contributed by atoms with Gasteiger partial charge in [-0.1, -0.05) is 12.1 Å². The highest BCUT2D eigenvalue weighted by Crippen LogP contribution is 2.30. The molecule has 4 aliphatic rings. The molecule has 2 saturated heterocycles. The van der Waals surface area contributed by atoms with Crippen LogP contribution in [0.2, 0.25) is 0 Å². The normalized spacial score (nSPS) is 26.1. The Balaban J connectivity index is 1.10. The smallest absolute Gasteiger partial charge is 0.296 e. The van der Waals surface area contributed by atoms with Crippen LogP contribution in [0.4, 0.5) is 8.78 Å². The largest absolute Gasteiger partial charge is 0.474 e. The van der Waals surface area contributed by atoms with Gasteiger partial charge in [-0.3, -0.25) is 19.2 Å². The van der Waals surface area contributed by atoms with Crippen molar-refractivity contribution in [1.82, 2.24) is 30.0 Å². The number of aliphatic hydroxyl groups is 1. The van der Waals surface area contributed by atoms with E-state index in [9.17, 15) is 18.7 Å². The Hall–Kier alpha value is -3.17. The second kappa shape index (κ2) is 14.3. The molecule has 0 bridgehead atoms. The van der Waals surface area contributed by atoms with Crippen LogP contribution < -0.4 is 10.6 Å². The molecular weight excluding hydrogens is 576 g/mol. The summed E-state index contributed by atoms with van der Waals surface area (Å²) in [5, 5.41) is 16.6. The number of imidazole rings is 1. The van der Waals surface area contributed by atoms with Crippen molar-refractivity contribution in [3.63, 3.8) is 0 Å². The second-order valence-corrected chi connectivity index (χ2v) is 11.7. The van der Waals surface area contributed by atoms with Crippen LogP contribution in [0.5, 0.6) is 0 Å². The number of benzene rings is 1. The Bertz CT molecular complexity index is 1330. The van der Waals surface area contributed by atoms with E-state index in [2.05, 4.69) is 25.4 Å². The van der Waals surface area contributed by atoms with Crippen LogP contribution >= 0.6 is 0 Å². The summed E-state index contributed by atoms with van der Waals surface area (Å²) in [7, 11) is 0. The maximum absolute atomic E-state index is 14.2. The second-order valence-electron chi connectivity index (χ2n) is 11.7. The van der Waals surface area contributed by atoms with Crippen molar-refractivity contribution in [2.24, 2.45) is 10.9 Å². The number of fused-ring (bicyclic) bond motifs is 1. The first kappa shape index (κ1) is 30.8. The predicted molar refractivity (Wildman–Crippen MR) is 159 cm³/mol. The molecule has 3 N–H and O–H groups in total. The molecule has 1 amide bonds. The van der Waals surface area contributed by atoms with Crippen LogP contribution in [0.15, 0.2) is 35.3 Å². The maximum atomic E-state index is 14.2. The average molecular weight is 618 g/mol. The summed E-state index contributed by atoms with van der Waals surface area (Å²) < 4.78 is 47.0. The van der Waals surface area contributed by atoms with Crippen LogP contribution in [-0.4, -0.2) is 120 Å². The number of carbonyl (C=O) groups is 1. The third-order valence-corrected chi connectivity index (χ3v) is 8.62. The van der Waals surface area contributed by atoms with Gasteiger partial charge in [-0.05, 0) is 37.8 Å². The Morgan fingerprint density at radius 1 is 1.07 bits per heavy atom. The van der Waals surface area contributed by atoms with Gasteiger partial charge in [0.25, 0.3) is 6.43 Å². The molecule has 12 nitrogen and oxygen atoms in total. The van der Waals surface area contributed by atoms with E-state index in [1.807, 2.05) is 0 Å². The summed E-state index contributed by atoms with van der Waals surface area (Å²) in [6.07, 6.45) is 0.160. The summed E-state index contributed by atoms with van der Waals surface area (Å²) in [6, 6.07) is 7.05. The molecule has 0 spiro atoms. The van der Waals surface area contributed by atoms with E-state index in [1.54, 1.807) is 30.3 Å². The highest BCUT2D eigenvalue weighted by atomic mass is 19.3. The lowest BCUT2D eigenvalue weighted by Crippen LogP contribution is -2.51. The van der Waals surface area contributed by atoms with Gasteiger partial charge in [0.05, 0.1) is 43.6 Å². The minimum absolute atomic E-state index is 0.0511. The maximum Gasteiger partial charge on any atom is 0.296 e. The topological polar surface area (TPSA) is 126 Å². The molecule has 6 rings (SSSR count). The summed E-state index contributed by atoms with van der Waals surface area (Å²) in [6.45, 7) is 5.99. The van der Waals surface area contributed by atoms with E-state index < -0.39 is 18.8 Å². The number of alkyl halides is 2. The molecule has 4 heterocycles. The van der Waals surface area contributed by atoms with Crippen molar-refractivity contribution in [3.8, 4) is 0 Å². The fourth-order valence-corrected chi connectivity index (χ4v) is 6.24. The van der Waals surface area contributed by atoms with Crippen molar-refractivity contribution in [2.75, 3.05) is 65.7 Å². The standard InChI is InChI=1S/C30H41F2N7O5/c31-27(32)28-34-23-3-1-2-4-24(23)39(28)25-17-26(36-30(35-25)38-11-15-43-16-12-38)44-22-7-5-20(6-8-22)29(41)33-18-21(40)19-37-9-13-42-14-10-37/h1-4,17,20-22,27,30,35,40H,5-16,18-19H2,(H,33,41). The number of hydrogen-bond acceptors (Lipinski definition) is 10. The van der Waals surface area contributed by atoms with Gasteiger partial charge in [0.1, 0.15) is 11.9 Å². The van der Waals surface area contributed by atoms with Crippen LogP contribution in [0.25, 0.3) is 16.9 Å². The number of para-hydroxylation sites is 2. The SMILES string of the molecule is O=C(NCC(O)CN1CCOCC1)C1CCC(OC2=NC(N3CCOCC3)NC(n3c(C(F)F)nc4ccccc43)=C2)CC1. The zero-order chi connectivity index (χ0) is 30.5. The van der Waals surface area contributed by atoms with Crippen LogP contribution in [-0.2, 0) is 19.0 Å². The highest BCUT2D eigenvalue weighted by molar-refractivity contribution is 5.95. The first-order valence-corrected chi connectivity index (χ1v) is 15.5. The number of hydrogen-bond donors (Lipinski definition) is 3. The number of amides is 1. The number of nitrogens with zero attached hydrogens (tertiary/aromatic N) is 5. The van der Waals surface area contributed by atoms with Gasteiger partial charge in [0.2, 0.25) is 11.8 Å². The number of ether oxygens (including phenoxy) is 3. The monoisotopic (exact) mass is 617 g/mol. The molecular formula is C30H41F2N7O5. The van der Waals surface area contributed by atoms with E-state index in [4.69, 9.17) is 19.2 Å². The molecule has 3 aliphatic heterocycles. The summed E-state index contributed by atoms with van der Waals surface area (Å²) in [4.78, 5) is 26.1. The van der Waals surface area contributed by atoms with Crippen molar-refractivity contribution >= 4 is 28.7 Å². The number of aromatic nitrogens is 2. The average Bonchev–Trinajstić information content (AvgIpc) is 3.45. The van der Waals surface area contributed by atoms with Crippen LogP contribution in [0.1, 0.15) is 37.9 Å². The molecule has 0 radical (unpaired) electrons. The van der Waals surface area contributed by atoms with Gasteiger partial charge in [-0.2, -0.15) is 0 Å². The van der Waals surface area contributed by atoms with Gasteiger partial charge in [-0.15, -0.1) is 0 Å². The van der Waals surface area contributed by atoms with Crippen molar-refractivity contribution in [2.45, 2.75) is 50.6 Å². The number of halogens is 2. The fourth-order valence-electron chi connectivity index (χ4n) is 6.24. The summed E-state index contributed by atoms with van der Waals surface area (Å²) in [5.74, 6) is 0.211. The number of aliphatic imine (C=N–C) groups is 1. The lowest BCUT2D eigenvalue weighted by molar-refractivity contribution is -0.127. The van der Waals surface area contributed by atoms with E-state index in [0.29, 0.717) is 94.5 Å². The molecule has 1 aliphatic carbocycles. The third-order valence-electron chi connectivity index (χ3n) is 8.62. The highest BCUT2D eigenvalue weighted by Gasteiger charge is 2.32. The van der Waals surface area contributed by atoms with Crippen LogP contribution in [0.3, 0.4) is 0 Å². The van der Waals surface area contributed by atoms with E-state index in [-0.39, 0.29) is 30.3 Å². The van der Waals surface area contributed by atoms with Crippen molar-refractivity contribution in [1.29, 1.82) is 0 Å². The fraction of sp³-hybridized carbons (Fsp3) is 0.633. The Labute approximate surface area is 255 Å². The molecule has 14 heteroatoms. The van der Waals surface area contributed by atoms with Crippen LogP contribution in [0, 0.1) is 5.92 Å². The van der Waals surface area contributed by atoms with Gasteiger partial charge in [0.15, 0.2) is 12.1 Å². The first-order chi connectivity index (χ1) is 21.4. The van der Waals surface area contributed by atoms with Crippen molar-refractivity contribution < 1.29 is 32.9 Å². The van der Waals surface area contributed by atoms with Gasteiger partial charge in [0, 0.05) is 51.3 Å². The van der Waals surface area contributed by atoms with Gasteiger partial charge in [-0.25, -0.2) is 18.8 Å². The minimum atomic E-state index is -2.78. The molecule has 1 aromatic carbocycles. The number of morpholine rings is 2. The summed E-state index contributed by atoms with van der Waals surface area (Å²) >= 11 is 0. The van der Waals surface area contributed by atoms with E-state index >= 15 is 0 Å². The van der Waals surface area contributed by atoms with Crippen molar-refractivity contribution in [3.05, 3.63) is 36.2 Å². The molecule has 2 atom stereocenters. The van der Waals surface area contributed by atoms with E-state index in [0.717, 1.165) is 13.1 Å². The Morgan fingerprint density at radius 3 is 2.50 bits per heavy atom. The molecule has 240 valence electrons. The first-order valence-electron chi connectivity index (χ1n) is 15.5. The molecule has 3 fully saturated rings. The van der Waals surface area contributed by atoms with E-state index in [1.165, 1.54) is 4.57 Å². The molecule has 1 aromatic heterocycles. The quantitative estimate of drug-likeness (QED) is 0.386. The Kier molecular flexibility index (Phi) is 10.0. The number of carbonyl (C=O) groups excluding carboxylic acids is 1. The molecule has 1 saturated carbocycles. The lowest BCUT2D eigenvalue weighted by atomic mass is 9.86. The minimum Gasteiger partial charge on any atom is -0.474 e. The number of nitrogens with one attached hydrogen (secondary N) is 2. The molecule has 2 unspecified atom stereocenters. The lowest BCUT2D eigenvalue weighted by Gasteiger charge is -2.36. The number of rotatable bonds is 9. The number of β-amino-alcohol motifs (C(OH)–C–C–N with tert-alkyl or cyclic N) is 1. The van der Waals surface area contributed by atoms with Gasteiger partial charge >= 0.3 is 0 Å². The Morgan fingerprint density at radius 2 is 1.77 bits per heavy atom. The zero-order valence-corrected chi connectivity index (χ0v) is 24.7. The predicted octanol–water partition coefficient (Wildman–Crippen LogP) is 1.77. The van der Waals surface area contributed by atoms with Gasteiger partial charge < -0.3 is 30.0 Å². The zero-order valence-electron chi connectivity index (χ0n) is 24.7.